The Bertz CT molecular complexity index is 529. The molecule has 1 unspecified atom stereocenters. The van der Waals surface area contributed by atoms with Crippen molar-refractivity contribution in [3.63, 3.8) is 0 Å². The highest BCUT2D eigenvalue weighted by atomic mass is 16.2. The van der Waals surface area contributed by atoms with Crippen LogP contribution in [0.15, 0.2) is 18.2 Å². The molecular weight excluding hydrogens is 262 g/mol. The summed E-state index contributed by atoms with van der Waals surface area (Å²) in [6.45, 7) is 8.98. The number of rotatable bonds is 4. The highest BCUT2D eigenvalue weighted by molar-refractivity contribution is 5.79. The Kier molecular flexibility index (Phi) is 4.15. The fourth-order valence-electron chi connectivity index (χ4n) is 3.51. The van der Waals surface area contributed by atoms with Gasteiger partial charge in [-0.05, 0) is 31.5 Å². The highest BCUT2D eigenvalue weighted by Crippen LogP contribution is 2.29. The Morgan fingerprint density at radius 2 is 2.19 bits per heavy atom. The van der Waals surface area contributed by atoms with Crippen molar-refractivity contribution >= 4 is 11.6 Å². The smallest absolute Gasteiger partial charge is 0.223 e. The molecule has 2 saturated heterocycles. The normalized spacial score (nSPS) is 21.8. The van der Waals surface area contributed by atoms with Gasteiger partial charge >= 0.3 is 0 Å². The van der Waals surface area contributed by atoms with E-state index in [1.165, 1.54) is 16.8 Å². The fraction of sp³-hybridized carbons (Fsp3) is 0.588. The predicted octanol–water partition coefficient (Wildman–Crippen LogP) is 1.92. The van der Waals surface area contributed by atoms with E-state index in [1.807, 2.05) is 0 Å². The maximum Gasteiger partial charge on any atom is 0.223 e. The zero-order valence-corrected chi connectivity index (χ0v) is 13.1. The molecule has 0 spiro atoms. The second-order valence-electron chi connectivity index (χ2n) is 6.14. The fourth-order valence-corrected chi connectivity index (χ4v) is 3.51. The van der Waals surface area contributed by atoms with Gasteiger partial charge in [0.25, 0.3) is 0 Å². The molecule has 2 heterocycles. The van der Waals surface area contributed by atoms with Crippen molar-refractivity contribution in [2.45, 2.75) is 39.3 Å². The van der Waals surface area contributed by atoms with Gasteiger partial charge in [-0.1, -0.05) is 24.6 Å². The van der Waals surface area contributed by atoms with E-state index in [4.69, 9.17) is 0 Å². The van der Waals surface area contributed by atoms with E-state index >= 15 is 0 Å². The minimum absolute atomic E-state index is 0.344. The molecule has 1 atom stereocenters. The molecule has 0 radical (unpaired) electrons. The molecule has 2 aliphatic rings. The van der Waals surface area contributed by atoms with Gasteiger partial charge in [0.15, 0.2) is 0 Å². The van der Waals surface area contributed by atoms with E-state index in [0.717, 1.165) is 45.6 Å². The van der Waals surface area contributed by atoms with Crippen LogP contribution in [0.3, 0.4) is 0 Å². The Labute approximate surface area is 127 Å². The number of benzene rings is 1. The third-order valence-electron chi connectivity index (χ3n) is 4.64. The summed E-state index contributed by atoms with van der Waals surface area (Å²) in [6.07, 6.45) is 1.75. The Morgan fingerprint density at radius 1 is 1.33 bits per heavy atom. The van der Waals surface area contributed by atoms with Gasteiger partial charge in [0.05, 0.1) is 0 Å². The van der Waals surface area contributed by atoms with Gasteiger partial charge < -0.3 is 15.1 Å². The number of piperazine rings is 1. The van der Waals surface area contributed by atoms with Crippen LogP contribution in [-0.4, -0.2) is 43.0 Å². The molecule has 2 fully saturated rings. The molecule has 0 aromatic heterocycles. The van der Waals surface area contributed by atoms with Crippen molar-refractivity contribution < 1.29 is 4.79 Å². The zero-order valence-electron chi connectivity index (χ0n) is 13.1. The number of hydrogen-bond acceptors (Lipinski definition) is 3. The van der Waals surface area contributed by atoms with Gasteiger partial charge in [0.1, 0.15) is 0 Å². The van der Waals surface area contributed by atoms with Crippen molar-refractivity contribution in [3.8, 4) is 0 Å². The first-order valence-electron chi connectivity index (χ1n) is 8.03. The van der Waals surface area contributed by atoms with Gasteiger partial charge in [-0.3, -0.25) is 4.79 Å². The highest BCUT2D eigenvalue weighted by Gasteiger charge is 2.35. The lowest BCUT2D eigenvalue weighted by molar-refractivity contribution is -0.129. The maximum atomic E-state index is 11.8. The number of fused-ring (bicyclic) bond motifs is 1. The van der Waals surface area contributed by atoms with E-state index in [1.54, 1.807) is 0 Å². The monoisotopic (exact) mass is 287 g/mol. The molecule has 0 saturated carbocycles. The summed E-state index contributed by atoms with van der Waals surface area (Å²) in [6, 6.07) is 7.13. The first-order chi connectivity index (χ1) is 10.2. The SMILES string of the molecule is CCNCc1cc(C)ccc1N1CCN2C(=O)CCC2C1. The average molecular weight is 287 g/mol. The molecule has 114 valence electrons. The standard InChI is InChI=1S/C17H25N3O/c1-3-18-11-14-10-13(2)4-6-16(14)19-8-9-20-15(12-19)5-7-17(20)21/h4,6,10,15,18H,3,5,7-9,11-12H2,1-2H3. The van der Waals surface area contributed by atoms with E-state index < -0.39 is 0 Å². The minimum atomic E-state index is 0.344. The number of nitrogens with one attached hydrogen (secondary N) is 1. The summed E-state index contributed by atoms with van der Waals surface area (Å²) in [7, 11) is 0. The summed E-state index contributed by atoms with van der Waals surface area (Å²) >= 11 is 0. The Hall–Kier alpha value is -1.55. The molecule has 0 bridgehead atoms. The minimum Gasteiger partial charge on any atom is -0.367 e. The van der Waals surface area contributed by atoms with E-state index in [2.05, 4.69) is 47.2 Å². The molecule has 21 heavy (non-hydrogen) atoms. The number of carbonyl (C=O) groups is 1. The summed E-state index contributed by atoms with van der Waals surface area (Å²) in [5, 5.41) is 3.43. The van der Waals surface area contributed by atoms with E-state index in [-0.39, 0.29) is 0 Å². The molecular formula is C17H25N3O. The number of carbonyl (C=O) groups excluding carboxylic acids is 1. The largest absolute Gasteiger partial charge is 0.367 e. The second kappa shape index (κ2) is 6.06. The van der Waals surface area contributed by atoms with Gasteiger partial charge in [-0.15, -0.1) is 0 Å². The molecule has 0 aliphatic carbocycles. The van der Waals surface area contributed by atoms with Crippen LogP contribution in [0.2, 0.25) is 0 Å². The van der Waals surface area contributed by atoms with Crippen LogP contribution in [0.25, 0.3) is 0 Å². The number of aryl methyl sites for hydroxylation is 1. The summed E-state index contributed by atoms with van der Waals surface area (Å²) < 4.78 is 0. The van der Waals surface area contributed by atoms with Crippen LogP contribution in [0.5, 0.6) is 0 Å². The third kappa shape index (κ3) is 2.91. The quantitative estimate of drug-likeness (QED) is 0.919. The molecule has 1 aromatic rings. The first-order valence-corrected chi connectivity index (χ1v) is 8.03. The molecule has 1 amide bonds. The van der Waals surface area contributed by atoms with Crippen molar-refractivity contribution in [2.24, 2.45) is 0 Å². The van der Waals surface area contributed by atoms with Gasteiger partial charge in [0, 0.05) is 44.3 Å². The number of amides is 1. The van der Waals surface area contributed by atoms with Gasteiger partial charge in [-0.2, -0.15) is 0 Å². The van der Waals surface area contributed by atoms with Crippen LogP contribution in [-0.2, 0) is 11.3 Å². The van der Waals surface area contributed by atoms with Crippen LogP contribution < -0.4 is 10.2 Å². The maximum absolute atomic E-state index is 11.8. The molecule has 4 nitrogen and oxygen atoms in total. The summed E-state index contributed by atoms with van der Waals surface area (Å²) in [5.41, 5.74) is 4.01. The summed E-state index contributed by atoms with van der Waals surface area (Å²) in [4.78, 5) is 16.3. The lowest BCUT2D eigenvalue weighted by atomic mass is 10.1. The Morgan fingerprint density at radius 3 is 3.00 bits per heavy atom. The molecule has 1 N–H and O–H groups in total. The number of nitrogens with zero attached hydrogens (tertiary/aromatic N) is 2. The summed E-state index contributed by atoms with van der Waals surface area (Å²) in [5.74, 6) is 0.344. The van der Waals surface area contributed by atoms with Crippen molar-refractivity contribution in [2.75, 3.05) is 31.1 Å². The van der Waals surface area contributed by atoms with Crippen molar-refractivity contribution in [3.05, 3.63) is 29.3 Å². The Balaban J connectivity index is 1.79. The first kappa shape index (κ1) is 14.4. The molecule has 1 aromatic carbocycles. The second-order valence-corrected chi connectivity index (χ2v) is 6.14. The van der Waals surface area contributed by atoms with Crippen LogP contribution in [0.4, 0.5) is 5.69 Å². The average Bonchev–Trinajstić information content (AvgIpc) is 2.86. The third-order valence-corrected chi connectivity index (χ3v) is 4.64. The topological polar surface area (TPSA) is 35.6 Å². The number of anilines is 1. The molecule has 2 aliphatic heterocycles. The van der Waals surface area contributed by atoms with Crippen LogP contribution >= 0.6 is 0 Å². The molecule has 4 heteroatoms. The van der Waals surface area contributed by atoms with Crippen LogP contribution in [0, 0.1) is 6.92 Å². The molecule has 3 rings (SSSR count). The van der Waals surface area contributed by atoms with E-state index in [0.29, 0.717) is 11.9 Å². The lowest BCUT2D eigenvalue weighted by Gasteiger charge is -2.39. The lowest BCUT2D eigenvalue weighted by Crippen LogP contribution is -2.51. The van der Waals surface area contributed by atoms with Crippen molar-refractivity contribution in [1.29, 1.82) is 0 Å². The van der Waals surface area contributed by atoms with Gasteiger partial charge in [0.2, 0.25) is 5.91 Å². The van der Waals surface area contributed by atoms with Gasteiger partial charge in [-0.25, -0.2) is 0 Å². The van der Waals surface area contributed by atoms with Crippen LogP contribution in [0.1, 0.15) is 30.9 Å². The predicted molar refractivity (Wildman–Crippen MR) is 85.5 cm³/mol. The number of hydrogen-bond donors (Lipinski definition) is 1. The zero-order chi connectivity index (χ0) is 14.8. The van der Waals surface area contributed by atoms with Crippen molar-refractivity contribution in [1.82, 2.24) is 10.2 Å². The van der Waals surface area contributed by atoms with E-state index in [9.17, 15) is 4.79 Å².